The number of anilines is 3. The molecule has 0 radical (unpaired) electrons. The Kier molecular flexibility index (Phi) is 7.12. The number of nitrogens with zero attached hydrogens (tertiary/aromatic N) is 6. The summed E-state index contributed by atoms with van der Waals surface area (Å²) in [6, 6.07) is 8.60. The van der Waals surface area contributed by atoms with Gasteiger partial charge < -0.3 is 10.2 Å². The highest BCUT2D eigenvalue weighted by Crippen LogP contribution is 2.36. The Bertz CT molecular complexity index is 906. The lowest BCUT2D eigenvalue weighted by atomic mass is 10.3. The van der Waals surface area contributed by atoms with E-state index in [2.05, 4.69) is 15.3 Å². The van der Waals surface area contributed by atoms with Crippen molar-refractivity contribution in [3.8, 4) is 12.1 Å². The number of rotatable bonds is 8. The van der Waals surface area contributed by atoms with Crippen LogP contribution in [0.5, 0.6) is 0 Å². The van der Waals surface area contributed by atoms with Crippen molar-refractivity contribution in [3.63, 3.8) is 0 Å². The van der Waals surface area contributed by atoms with Crippen LogP contribution in [0.25, 0.3) is 0 Å². The third kappa shape index (κ3) is 5.17. The van der Waals surface area contributed by atoms with Crippen molar-refractivity contribution in [2.45, 2.75) is 12.8 Å². The summed E-state index contributed by atoms with van der Waals surface area (Å²) in [5.74, 6) is -0.0609. The zero-order chi connectivity index (χ0) is 19.8. The first-order valence-corrected chi connectivity index (χ1v) is 8.43. The van der Waals surface area contributed by atoms with Gasteiger partial charge in [0.1, 0.15) is 6.33 Å². The lowest BCUT2D eigenvalue weighted by molar-refractivity contribution is -0.383. The van der Waals surface area contributed by atoms with Gasteiger partial charge >= 0.3 is 5.69 Å². The molecule has 0 fully saturated rings. The zero-order valence-electron chi connectivity index (χ0n) is 13.9. The number of nitriles is 2. The highest BCUT2D eigenvalue weighted by molar-refractivity contribution is 6.35. The number of hydrogen-bond donors (Lipinski definition) is 1. The summed E-state index contributed by atoms with van der Waals surface area (Å²) in [7, 11) is 0. The van der Waals surface area contributed by atoms with Crippen LogP contribution in [-0.2, 0) is 0 Å². The molecule has 11 heteroatoms. The summed E-state index contributed by atoms with van der Waals surface area (Å²) in [4.78, 5) is 20.5. The van der Waals surface area contributed by atoms with Gasteiger partial charge in [-0.1, -0.05) is 23.2 Å². The van der Waals surface area contributed by atoms with E-state index in [-0.39, 0.29) is 43.3 Å². The van der Waals surface area contributed by atoms with Gasteiger partial charge in [0.2, 0.25) is 11.6 Å². The number of aromatic nitrogens is 2. The van der Waals surface area contributed by atoms with Gasteiger partial charge in [0.25, 0.3) is 0 Å². The van der Waals surface area contributed by atoms with Crippen molar-refractivity contribution in [3.05, 3.63) is 44.7 Å². The van der Waals surface area contributed by atoms with Crippen molar-refractivity contribution in [1.29, 1.82) is 10.5 Å². The summed E-state index contributed by atoms with van der Waals surface area (Å²) >= 11 is 12.0. The first-order valence-electron chi connectivity index (χ1n) is 7.68. The normalized spacial score (nSPS) is 9.93. The zero-order valence-corrected chi connectivity index (χ0v) is 15.4. The smallest absolute Gasteiger partial charge is 0.349 e. The van der Waals surface area contributed by atoms with Crippen LogP contribution in [0.15, 0.2) is 24.5 Å². The molecule has 9 nitrogen and oxygen atoms in total. The van der Waals surface area contributed by atoms with Crippen LogP contribution in [0.3, 0.4) is 0 Å². The predicted octanol–water partition coefficient (Wildman–Crippen LogP) is 4.07. The van der Waals surface area contributed by atoms with Gasteiger partial charge in [-0.25, -0.2) is 9.97 Å². The van der Waals surface area contributed by atoms with E-state index in [9.17, 15) is 10.1 Å². The van der Waals surface area contributed by atoms with E-state index < -0.39 is 4.92 Å². The number of hydrogen-bond acceptors (Lipinski definition) is 8. The SMILES string of the molecule is N#CCCN(CCC#N)c1ncnc(Nc2cc(Cl)ccc2Cl)c1[N+](=O)[O-]. The van der Waals surface area contributed by atoms with E-state index in [1.807, 2.05) is 12.1 Å². The Labute approximate surface area is 164 Å². The highest BCUT2D eigenvalue weighted by atomic mass is 35.5. The van der Waals surface area contributed by atoms with Gasteiger partial charge in [-0.3, -0.25) is 10.1 Å². The summed E-state index contributed by atoms with van der Waals surface area (Å²) in [6.45, 7) is 0.376. The molecule has 0 atom stereocenters. The second-order valence-corrected chi connectivity index (χ2v) is 6.05. The maximum atomic E-state index is 11.7. The van der Waals surface area contributed by atoms with Gasteiger partial charge in [-0.15, -0.1) is 0 Å². The van der Waals surface area contributed by atoms with Crippen molar-refractivity contribution in [1.82, 2.24) is 9.97 Å². The molecule has 1 aromatic heterocycles. The van der Waals surface area contributed by atoms with E-state index in [1.54, 1.807) is 12.1 Å². The van der Waals surface area contributed by atoms with Crippen LogP contribution in [-0.4, -0.2) is 28.0 Å². The molecule has 0 amide bonds. The van der Waals surface area contributed by atoms with Crippen molar-refractivity contribution in [2.75, 3.05) is 23.3 Å². The molecule has 0 aliphatic heterocycles. The molecule has 0 bridgehead atoms. The van der Waals surface area contributed by atoms with Crippen LogP contribution in [0.1, 0.15) is 12.8 Å². The van der Waals surface area contributed by atoms with Gasteiger partial charge in [-0.2, -0.15) is 10.5 Å². The van der Waals surface area contributed by atoms with Crippen molar-refractivity contribution >= 4 is 46.2 Å². The van der Waals surface area contributed by atoms with E-state index in [4.69, 9.17) is 33.7 Å². The summed E-state index contributed by atoms with van der Waals surface area (Å²) in [6.07, 6.45) is 1.40. The molecule has 1 heterocycles. The topological polar surface area (TPSA) is 132 Å². The Balaban J connectivity index is 2.49. The molecule has 138 valence electrons. The molecule has 1 aromatic carbocycles. The summed E-state index contributed by atoms with van der Waals surface area (Å²) in [5.41, 5.74) is -0.0399. The second-order valence-electron chi connectivity index (χ2n) is 5.20. The number of benzene rings is 1. The Morgan fingerprint density at radius 2 is 1.85 bits per heavy atom. The van der Waals surface area contributed by atoms with E-state index >= 15 is 0 Å². The molecule has 27 heavy (non-hydrogen) atoms. The summed E-state index contributed by atoms with van der Waals surface area (Å²) < 4.78 is 0. The second kappa shape index (κ2) is 9.53. The molecule has 2 rings (SSSR count). The maximum Gasteiger partial charge on any atom is 0.353 e. The Morgan fingerprint density at radius 1 is 1.19 bits per heavy atom. The largest absolute Gasteiger partial charge is 0.353 e. The quantitative estimate of drug-likeness (QED) is 0.513. The van der Waals surface area contributed by atoms with Gasteiger partial charge in [0, 0.05) is 18.1 Å². The average molecular weight is 406 g/mol. The fourth-order valence-corrected chi connectivity index (χ4v) is 2.61. The monoisotopic (exact) mass is 405 g/mol. The van der Waals surface area contributed by atoms with Gasteiger partial charge in [0.15, 0.2) is 0 Å². The molecule has 2 aromatic rings. The Morgan fingerprint density at radius 3 is 2.44 bits per heavy atom. The average Bonchev–Trinajstić information content (AvgIpc) is 2.64. The maximum absolute atomic E-state index is 11.7. The van der Waals surface area contributed by atoms with Crippen LogP contribution < -0.4 is 10.2 Å². The predicted molar refractivity (Wildman–Crippen MR) is 101 cm³/mol. The molecule has 0 aliphatic carbocycles. The molecule has 0 spiro atoms. The Hall–Kier alpha value is -3.14. The van der Waals surface area contributed by atoms with Crippen molar-refractivity contribution in [2.24, 2.45) is 0 Å². The molecule has 0 saturated heterocycles. The third-order valence-electron chi connectivity index (χ3n) is 3.45. The molecule has 0 saturated carbocycles. The minimum absolute atomic E-state index is 0.0150. The lowest BCUT2D eigenvalue weighted by Gasteiger charge is -2.21. The number of halogens is 2. The number of nitrogens with one attached hydrogen (secondary N) is 1. The fourth-order valence-electron chi connectivity index (χ4n) is 2.27. The first kappa shape index (κ1) is 20.2. The lowest BCUT2D eigenvalue weighted by Crippen LogP contribution is -2.27. The van der Waals surface area contributed by atoms with E-state index in [0.29, 0.717) is 15.7 Å². The highest BCUT2D eigenvalue weighted by Gasteiger charge is 2.27. The van der Waals surface area contributed by atoms with Crippen molar-refractivity contribution < 1.29 is 4.92 Å². The standard InChI is InChI=1S/C16H13Cl2N7O2/c17-11-3-4-12(18)13(9-11)23-15-14(25(26)27)16(22-10-21-15)24(7-1-5-19)8-2-6-20/h3-4,9-10H,1-2,7-8H2,(H,21,22,23). The molecular weight excluding hydrogens is 393 g/mol. The number of nitro groups is 1. The summed E-state index contributed by atoms with van der Waals surface area (Å²) in [5, 5.41) is 32.9. The van der Waals surface area contributed by atoms with E-state index in [0.717, 1.165) is 6.33 Å². The minimum Gasteiger partial charge on any atom is -0.349 e. The van der Waals surface area contributed by atoms with Crippen LogP contribution in [0.2, 0.25) is 10.0 Å². The van der Waals surface area contributed by atoms with Gasteiger partial charge in [0.05, 0.1) is 40.6 Å². The van der Waals surface area contributed by atoms with Crippen LogP contribution in [0, 0.1) is 32.8 Å². The third-order valence-corrected chi connectivity index (χ3v) is 4.02. The molecular formula is C16H13Cl2N7O2. The molecule has 0 aliphatic rings. The first-order chi connectivity index (χ1) is 13.0. The molecule has 0 unspecified atom stereocenters. The minimum atomic E-state index is -0.623. The fraction of sp³-hybridized carbons (Fsp3) is 0.250. The van der Waals surface area contributed by atoms with Crippen LogP contribution in [0.4, 0.5) is 23.0 Å². The molecule has 1 N–H and O–H groups in total. The van der Waals surface area contributed by atoms with E-state index in [1.165, 1.54) is 11.0 Å². The van der Waals surface area contributed by atoms with Crippen LogP contribution >= 0.6 is 23.2 Å². The van der Waals surface area contributed by atoms with Gasteiger partial charge in [-0.05, 0) is 18.2 Å².